The molecule has 3 aliphatic rings. The predicted octanol–water partition coefficient (Wildman–Crippen LogP) is 0.769. The third kappa shape index (κ3) is 1.29. The molecule has 3 aliphatic heterocycles. The average molecular weight is 196 g/mol. The zero-order chi connectivity index (χ0) is 9.60. The molecular weight excluding hydrogens is 180 g/mol. The molecule has 0 radical (unpaired) electrons. The summed E-state index contributed by atoms with van der Waals surface area (Å²) in [7, 11) is 0. The van der Waals surface area contributed by atoms with E-state index in [4.69, 9.17) is 4.74 Å². The topological polar surface area (TPSA) is 50.4 Å². The van der Waals surface area contributed by atoms with E-state index in [1.165, 1.54) is 12.8 Å². The number of nitrogens with one attached hydrogen (secondary N) is 2. The van der Waals surface area contributed by atoms with Gasteiger partial charge in [-0.1, -0.05) is 0 Å². The van der Waals surface area contributed by atoms with Gasteiger partial charge in [-0.2, -0.15) is 0 Å². The summed E-state index contributed by atoms with van der Waals surface area (Å²) in [4.78, 5) is 11.2. The molecule has 0 aromatic rings. The van der Waals surface area contributed by atoms with E-state index in [1.807, 2.05) is 0 Å². The lowest BCUT2D eigenvalue weighted by molar-refractivity contribution is -0.0451. The molecule has 3 saturated heterocycles. The van der Waals surface area contributed by atoms with Gasteiger partial charge in [0.1, 0.15) is 5.60 Å². The van der Waals surface area contributed by atoms with Crippen LogP contribution in [0.15, 0.2) is 0 Å². The number of fused-ring (bicyclic) bond motifs is 2. The first-order valence-electron chi connectivity index (χ1n) is 5.49. The summed E-state index contributed by atoms with van der Waals surface area (Å²) < 4.78 is 5.51. The summed E-state index contributed by atoms with van der Waals surface area (Å²) in [5.74, 6) is 0. The number of hydrogen-bond donors (Lipinski definition) is 2. The molecule has 4 nitrogen and oxygen atoms in total. The van der Waals surface area contributed by atoms with E-state index in [2.05, 4.69) is 10.6 Å². The molecule has 0 saturated carbocycles. The third-order valence-electron chi connectivity index (χ3n) is 3.73. The summed E-state index contributed by atoms with van der Waals surface area (Å²) in [5.41, 5.74) is -0.139. The van der Waals surface area contributed by atoms with Crippen LogP contribution in [0, 0.1) is 0 Å². The number of carbonyl (C=O) groups excluding carboxylic acids is 1. The molecule has 2 unspecified atom stereocenters. The first-order valence-corrected chi connectivity index (χ1v) is 5.49. The Morgan fingerprint density at radius 1 is 1.29 bits per heavy atom. The Morgan fingerprint density at radius 2 is 2.00 bits per heavy atom. The molecule has 2 bridgehead atoms. The van der Waals surface area contributed by atoms with Gasteiger partial charge >= 0.3 is 6.09 Å². The molecule has 3 heterocycles. The van der Waals surface area contributed by atoms with Gasteiger partial charge in [-0.3, -0.25) is 0 Å². The van der Waals surface area contributed by atoms with Crippen LogP contribution < -0.4 is 10.6 Å². The van der Waals surface area contributed by atoms with Crippen LogP contribution in [0.3, 0.4) is 0 Å². The number of rotatable bonds is 0. The number of alkyl carbamates (subject to hydrolysis) is 1. The van der Waals surface area contributed by atoms with Crippen molar-refractivity contribution in [3.8, 4) is 0 Å². The summed E-state index contributed by atoms with van der Waals surface area (Å²) in [6, 6.07) is 1.17. The van der Waals surface area contributed by atoms with Crippen molar-refractivity contribution in [2.24, 2.45) is 0 Å². The van der Waals surface area contributed by atoms with Crippen molar-refractivity contribution in [2.75, 3.05) is 6.54 Å². The summed E-state index contributed by atoms with van der Waals surface area (Å²) >= 11 is 0. The molecule has 78 valence electrons. The molecule has 1 spiro atoms. The van der Waals surface area contributed by atoms with Crippen molar-refractivity contribution in [2.45, 2.75) is 49.8 Å². The normalized spacial score (nSPS) is 46.1. The van der Waals surface area contributed by atoms with E-state index in [9.17, 15) is 4.79 Å². The van der Waals surface area contributed by atoms with Gasteiger partial charge in [0.15, 0.2) is 0 Å². The monoisotopic (exact) mass is 196 g/mol. The van der Waals surface area contributed by atoms with Crippen LogP contribution in [0.1, 0.15) is 32.1 Å². The lowest BCUT2D eigenvalue weighted by atomic mass is 9.84. The number of amides is 1. The van der Waals surface area contributed by atoms with E-state index in [-0.39, 0.29) is 11.7 Å². The van der Waals surface area contributed by atoms with Gasteiger partial charge in [-0.25, -0.2) is 4.79 Å². The maximum atomic E-state index is 11.2. The molecule has 2 N–H and O–H groups in total. The van der Waals surface area contributed by atoms with Gasteiger partial charge in [0.2, 0.25) is 0 Å². The van der Waals surface area contributed by atoms with Crippen molar-refractivity contribution < 1.29 is 9.53 Å². The van der Waals surface area contributed by atoms with Crippen LogP contribution in [0.4, 0.5) is 4.79 Å². The Bertz CT molecular complexity index is 255. The molecule has 1 amide bonds. The zero-order valence-electron chi connectivity index (χ0n) is 8.21. The fourth-order valence-electron chi connectivity index (χ4n) is 3.17. The lowest BCUT2D eigenvalue weighted by Crippen LogP contribution is -2.55. The van der Waals surface area contributed by atoms with Crippen molar-refractivity contribution in [3.63, 3.8) is 0 Å². The molecule has 0 aromatic carbocycles. The highest BCUT2D eigenvalue weighted by molar-refractivity contribution is 5.68. The Morgan fingerprint density at radius 3 is 2.64 bits per heavy atom. The number of ether oxygens (including phenoxy) is 1. The molecule has 14 heavy (non-hydrogen) atoms. The fraction of sp³-hybridized carbons (Fsp3) is 0.900. The highest BCUT2D eigenvalue weighted by Crippen LogP contribution is 2.39. The number of carbonyl (C=O) groups is 1. The molecule has 3 fully saturated rings. The van der Waals surface area contributed by atoms with Crippen LogP contribution in [0.2, 0.25) is 0 Å². The smallest absolute Gasteiger partial charge is 0.407 e. The Balaban J connectivity index is 1.79. The van der Waals surface area contributed by atoms with Gasteiger partial charge in [0.25, 0.3) is 0 Å². The summed E-state index contributed by atoms with van der Waals surface area (Å²) in [5, 5.41) is 6.29. The van der Waals surface area contributed by atoms with Crippen molar-refractivity contribution in [1.82, 2.24) is 10.6 Å². The molecule has 2 atom stereocenters. The Hall–Kier alpha value is -0.770. The van der Waals surface area contributed by atoms with Crippen molar-refractivity contribution >= 4 is 6.09 Å². The SMILES string of the molecule is O=C1NCCC2(CC3CCC(C2)N3)O1. The standard InChI is InChI=1S/C10H16N2O2/c13-9-11-4-3-10(14-9)5-7-1-2-8(6-10)12-7/h7-8,12H,1-6H2,(H,11,13). The van der Waals surface area contributed by atoms with Crippen LogP contribution in [-0.4, -0.2) is 30.3 Å². The molecular formula is C10H16N2O2. The number of piperidine rings is 1. The summed E-state index contributed by atoms with van der Waals surface area (Å²) in [6.07, 6.45) is 5.27. The van der Waals surface area contributed by atoms with Crippen LogP contribution in [0.5, 0.6) is 0 Å². The van der Waals surface area contributed by atoms with Gasteiger partial charge in [-0.15, -0.1) is 0 Å². The van der Waals surface area contributed by atoms with E-state index in [1.54, 1.807) is 0 Å². The molecule has 0 aliphatic carbocycles. The lowest BCUT2D eigenvalue weighted by Gasteiger charge is -2.42. The highest BCUT2D eigenvalue weighted by atomic mass is 16.6. The Kier molecular flexibility index (Phi) is 1.74. The van der Waals surface area contributed by atoms with Gasteiger partial charge < -0.3 is 15.4 Å². The van der Waals surface area contributed by atoms with Gasteiger partial charge in [0.05, 0.1) is 0 Å². The highest BCUT2D eigenvalue weighted by Gasteiger charge is 2.47. The van der Waals surface area contributed by atoms with E-state index >= 15 is 0 Å². The van der Waals surface area contributed by atoms with E-state index in [0.717, 1.165) is 25.8 Å². The first kappa shape index (κ1) is 8.53. The maximum Gasteiger partial charge on any atom is 0.407 e. The molecule has 3 rings (SSSR count). The Labute approximate surface area is 83.4 Å². The van der Waals surface area contributed by atoms with Crippen molar-refractivity contribution in [3.05, 3.63) is 0 Å². The summed E-state index contributed by atoms with van der Waals surface area (Å²) in [6.45, 7) is 0.776. The second-order valence-corrected chi connectivity index (χ2v) is 4.80. The predicted molar refractivity (Wildman–Crippen MR) is 51.0 cm³/mol. The minimum atomic E-state index is -0.224. The van der Waals surface area contributed by atoms with Crippen LogP contribution in [0.25, 0.3) is 0 Å². The second-order valence-electron chi connectivity index (χ2n) is 4.80. The molecule has 0 aromatic heterocycles. The van der Waals surface area contributed by atoms with Crippen LogP contribution >= 0.6 is 0 Å². The third-order valence-corrected chi connectivity index (χ3v) is 3.73. The minimum Gasteiger partial charge on any atom is -0.443 e. The van der Waals surface area contributed by atoms with Crippen LogP contribution in [-0.2, 0) is 4.74 Å². The first-order chi connectivity index (χ1) is 6.76. The fourth-order valence-corrected chi connectivity index (χ4v) is 3.17. The quantitative estimate of drug-likeness (QED) is 0.601. The second kappa shape index (κ2) is 2.86. The maximum absolute atomic E-state index is 11.2. The van der Waals surface area contributed by atoms with Gasteiger partial charge in [-0.05, 0) is 12.8 Å². The van der Waals surface area contributed by atoms with Gasteiger partial charge in [0, 0.05) is 37.9 Å². The molecule has 4 heteroatoms. The van der Waals surface area contributed by atoms with E-state index < -0.39 is 0 Å². The average Bonchev–Trinajstić information content (AvgIpc) is 2.46. The minimum absolute atomic E-state index is 0.139. The largest absolute Gasteiger partial charge is 0.443 e. The van der Waals surface area contributed by atoms with Crippen molar-refractivity contribution in [1.29, 1.82) is 0 Å². The zero-order valence-corrected chi connectivity index (χ0v) is 8.21. The van der Waals surface area contributed by atoms with E-state index in [0.29, 0.717) is 12.1 Å². The number of hydrogen-bond acceptors (Lipinski definition) is 3.